The van der Waals surface area contributed by atoms with E-state index in [4.69, 9.17) is 9.47 Å². The Labute approximate surface area is 153 Å². The first-order chi connectivity index (χ1) is 12.7. The van der Waals surface area contributed by atoms with Crippen LogP contribution in [-0.2, 0) is 4.79 Å². The van der Waals surface area contributed by atoms with Gasteiger partial charge in [0.25, 0.3) is 0 Å². The Morgan fingerprint density at radius 1 is 0.962 bits per heavy atom. The summed E-state index contributed by atoms with van der Waals surface area (Å²) >= 11 is 0. The first kappa shape index (κ1) is 18.2. The average Bonchev–Trinajstić information content (AvgIpc) is 3.14. The van der Waals surface area contributed by atoms with Crippen LogP contribution in [0.25, 0.3) is 0 Å². The van der Waals surface area contributed by atoms with E-state index in [2.05, 4.69) is 5.32 Å². The van der Waals surface area contributed by atoms with Gasteiger partial charge in [-0.3, -0.25) is 4.79 Å². The number of fused-ring (bicyclic) bond motifs is 1. The molecule has 1 saturated carbocycles. The Morgan fingerprint density at radius 3 is 2.19 bits per heavy atom. The van der Waals surface area contributed by atoms with Crippen molar-refractivity contribution < 1.29 is 18.7 Å². The van der Waals surface area contributed by atoms with Crippen molar-refractivity contribution in [3.8, 4) is 11.5 Å². The molecule has 2 aromatic rings. The van der Waals surface area contributed by atoms with E-state index in [1.807, 2.05) is 24.3 Å². The van der Waals surface area contributed by atoms with Crippen molar-refractivity contribution in [2.45, 2.75) is 38.5 Å². The van der Waals surface area contributed by atoms with E-state index in [1.54, 1.807) is 12.1 Å². The van der Waals surface area contributed by atoms with E-state index in [0.29, 0.717) is 24.8 Å². The lowest BCUT2D eigenvalue weighted by Gasteiger charge is -2.20. The maximum absolute atomic E-state index is 12.7. The van der Waals surface area contributed by atoms with Crippen LogP contribution in [0, 0.1) is 11.7 Å². The van der Waals surface area contributed by atoms with E-state index in [0.717, 1.165) is 24.3 Å². The van der Waals surface area contributed by atoms with E-state index < -0.39 is 0 Å². The lowest BCUT2D eigenvalue weighted by atomic mass is 9.87. The van der Waals surface area contributed by atoms with Crippen molar-refractivity contribution in [2.24, 2.45) is 5.92 Å². The van der Waals surface area contributed by atoms with Gasteiger partial charge >= 0.3 is 0 Å². The summed E-state index contributed by atoms with van der Waals surface area (Å²) in [6.07, 6.45) is 6.71. The van der Waals surface area contributed by atoms with Gasteiger partial charge in [-0.05, 0) is 55.2 Å². The summed E-state index contributed by atoms with van der Waals surface area (Å²) < 4.78 is 22.8. The quantitative estimate of drug-likeness (QED) is 0.826. The van der Waals surface area contributed by atoms with Crippen LogP contribution in [0.3, 0.4) is 0 Å². The largest absolute Gasteiger partial charge is 0.454 e. The van der Waals surface area contributed by atoms with Gasteiger partial charge in [0.2, 0.25) is 12.7 Å². The predicted octanol–water partition coefficient (Wildman–Crippen LogP) is 5.15. The van der Waals surface area contributed by atoms with Crippen LogP contribution in [-0.4, -0.2) is 12.7 Å². The third-order valence-corrected chi connectivity index (χ3v) is 4.60. The molecule has 0 bridgehead atoms. The molecule has 0 unspecified atom stereocenters. The number of nitrogens with one attached hydrogen (secondary N) is 1. The number of hydrogen-bond acceptors (Lipinski definition) is 3. The van der Waals surface area contributed by atoms with Gasteiger partial charge in [-0.1, -0.05) is 31.4 Å². The van der Waals surface area contributed by atoms with Crippen molar-refractivity contribution in [3.05, 3.63) is 54.3 Å². The van der Waals surface area contributed by atoms with E-state index >= 15 is 0 Å². The van der Waals surface area contributed by atoms with Gasteiger partial charge in [-0.2, -0.15) is 0 Å². The standard InChI is InChI=1S/C14H18FNO.C7H6O2/c15-12-6-8-13(9-7-12)16-14(17)10-11-4-2-1-3-5-11;1-2-4-7-6(3-1)8-5-9-7/h6-9,11H,1-5,10H2,(H,16,17);1-4H,5H2. The zero-order valence-corrected chi connectivity index (χ0v) is 14.7. The normalized spacial score (nSPS) is 15.7. The number of anilines is 1. The van der Waals surface area contributed by atoms with Gasteiger partial charge in [0.05, 0.1) is 0 Å². The second kappa shape index (κ2) is 9.22. The van der Waals surface area contributed by atoms with Crippen molar-refractivity contribution in [1.29, 1.82) is 0 Å². The Bertz CT molecular complexity index is 688. The summed E-state index contributed by atoms with van der Waals surface area (Å²) in [5.41, 5.74) is 0.673. The first-order valence-electron chi connectivity index (χ1n) is 9.11. The number of hydrogen-bond donors (Lipinski definition) is 1. The Morgan fingerprint density at radius 2 is 1.58 bits per heavy atom. The molecule has 1 fully saturated rings. The van der Waals surface area contributed by atoms with Gasteiger partial charge in [-0.25, -0.2) is 4.39 Å². The third kappa shape index (κ3) is 5.48. The van der Waals surface area contributed by atoms with Crippen molar-refractivity contribution in [2.75, 3.05) is 12.1 Å². The van der Waals surface area contributed by atoms with Crippen molar-refractivity contribution in [1.82, 2.24) is 0 Å². The third-order valence-electron chi connectivity index (χ3n) is 4.60. The number of benzene rings is 2. The lowest BCUT2D eigenvalue weighted by molar-refractivity contribution is -0.117. The number of halogens is 1. The van der Waals surface area contributed by atoms with Crippen LogP contribution in [0.15, 0.2) is 48.5 Å². The SMILES string of the molecule is O=C(CC1CCCCC1)Nc1ccc(F)cc1.c1ccc2c(c1)OCO2. The van der Waals surface area contributed by atoms with E-state index in [9.17, 15) is 9.18 Å². The number of amides is 1. The number of rotatable bonds is 3. The summed E-state index contributed by atoms with van der Waals surface area (Å²) in [6.45, 7) is 0.360. The molecule has 0 aromatic heterocycles. The fourth-order valence-corrected chi connectivity index (χ4v) is 3.24. The number of ether oxygens (including phenoxy) is 2. The molecule has 0 radical (unpaired) electrons. The highest BCUT2D eigenvalue weighted by Crippen LogP contribution is 2.30. The molecule has 2 aromatic carbocycles. The molecule has 1 aliphatic carbocycles. The van der Waals surface area contributed by atoms with Gasteiger partial charge in [0, 0.05) is 12.1 Å². The zero-order chi connectivity index (χ0) is 18.2. The summed E-state index contributed by atoms with van der Waals surface area (Å²) in [5, 5.41) is 2.81. The van der Waals surface area contributed by atoms with Gasteiger partial charge in [0.15, 0.2) is 11.5 Å². The molecule has 5 heteroatoms. The highest BCUT2D eigenvalue weighted by molar-refractivity contribution is 5.90. The fraction of sp³-hybridized carbons (Fsp3) is 0.381. The highest BCUT2D eigenvalue weighted by atomic mass is 19.1. The zero-order valence-electron chi connectivity index (χ0n) is 14.7. The average molecular weight is 357 g/mol. The second-order valence-corrected chi connectivity index (χ2v) is 6.62. The highest BCUT2D eigenvalue weighted by Gasteiger charge is 2.16. The Hall–Kier alpha value is -2.56. The Kier molecular flexibility index (Phi) is 6.47. The molecule has 1 heterocycles. The molecule has 2 aliphatic rings. The van der Waals surface area contributed by atoms with Gasteiger partial charge in [-0.15, -0.1) is 0 Å². The van der Waals surface area contributed by atoms with Crippen LogP contribution < -0.4 is 14.8 Å². The monoisotopic (exact) mass is 357 g/mol. The van der Waals surface area contributed by atoms with Crippen LogP contribution in [0.4, 0.5) is 10.1 Å². The van der Waals surface area contributed by atoms with E-state index in [-0.39, 0.29) is 11.7 Å². The van der Waals surface area contributed by atoms with Crippen molar-refractivity contribution in [3.63, 3.8) is 0 Å². The molecule has 0 spiro atoms. The molecular weight excluding hydrogens is 333 g/mol. The molecule has 4 nitrogen and oxygen atoms in total. The van der Waals surface area contributed by atoms with Crippen LogP contribution in [0.1, 0.15) is 38.5 Å². The minimum atomic E-state index is -0.282. The summed E-state index contributed by atoms with van der Waals surface area (Å²) in [5.74, 6) is 1.98. The molecule has 26 heavy (non-hydrogen) atoms. The molecule has 1 N–H and O–H groups in total. The van der Waals surface area contributed by atoms with E-state index in [1.165, 1.54) is 31.4 Å². The number of carbonyl (C=O) groups is 1. The van der Waals surface area contributed by atoms with Crippen molar-refractivity contribution >= 4 is 11.6 Å². The van der Waals surface area contributed by atoms with Gasteiger partial charge < -0.3 is 14.8 Å². The smallest absolute Gasteiger partial charge is 0.231 e. The molecule has 0 atom stereocenters. The molecule has 138 valence electrons. The second-order valence-electron chi connectivity index (χ2n) is 6.62. The maximum atomic E-state index is 12.7. The first-order valence-corrected chi connectivity index (χ1v) is 9.11. The lowest BCUT2D eigenvalue weighted by Crippen LogP contribution is -2.18. The minimum absolute atomic E-state index is 0.0449. The Balaban J connectivity index is 0.000000181. The fourth-order valence-electron chi connectivity index (χ4n) is 3.24. The topological polar surface area (TPSA) is 47.6 Å². The predicted molar refractivity (Wildman–Crippen MR) is 98.8 cm³/mol. The summed E-state index contributed by atoms with van der Waals surface area (Å²) in [6, 6.07) is 13.5. The van der Waals surface area contributed by atoms with Gasteiger partial charge in [0.1, 0.15) is 5.82 Å². The molecule has 1 amide bonds. The molecular formula is C21H24FNO3. The number of para-hydroxylation sites is 2. The summed E-state index contributed by atoms with van der Waals surface area (Å²) in [4.78, 5) is 11.8. The molecule has 0 saturated heterocycles. The molecule has 4 rings (SSSR count). The summed E-state index contributed by atoms with van der Waals surface area (Å²) in [7, 11) is 0. The number of carbonyl (C=O) groups excluding carboxylic acids is 1. The molecule has 1 aliphatic heterocycles. The maximum Gasteiger partial charge on any atom is 0.231 e. The van der Waals surface area contributed by atoms with Crippen LogP contribution in [0.2, 0.25) is 0 Å². The van der Waals surface area contributed by atoms with Crippen LogP contribution in [0.5, 0.6) is 11.5 Å². The van der Waals surface area contributed by atoms with Crippen LogP contribution >= 0.6 is 0 Å². The minimum Gasteiger partial charge on any atom is -0.454 e.